The van der Waals surface area contributed by atoms with Crippen LogP contribution in [0.15, 0.2) is 42.5 Å². The van der Waals surface area contributed by atoms with Crippen LogP contribution in [0.3, 0.4) is 0 Å². The Morgan fingerprint density at radius 3 is 2.58 bits per heavy atom. The molecule has 1 atom stereocenters. The average molecular weight is 353 g/mol. The molecule has 0 spiro atoms. The van der Waals surface area contributed by atoms with Gasteiger partial charge < -0.3 is 19.5 Å². The lowest BCUT2D eigenvalue weighted by molar-refractivity contribution is 0.110. The zero-order chi connectivity index (χ0) is 17.8. The summed E-state index contributed by atoms with van der Waals surface area (Å²) in [5.41, 5.74) is 3.99. The van der Waals surface area contributed by atoms with Crippen molar-refractivity contribution in [3.63, 3.8) is 0 Å². The lowest BCUT2D eigenvalue weighted by Crippen LogP contribution is -2.25. The van der Waals surface area contributed by atoms with Gasteiger partial charge in [0.05, 0.1) is 13.2 Å². The van der Waals surface area contributed by atoms with Crippen LogP contribution in [0, 0.1) is 0 Å². The molecule has 2 aliphatic rings. The SMILES string of the molecule is COc1cc(CNC[C@@H]2CCCO2)ccc1OC1Cc2ccccc2C1. The van der Waals surface area contributed by atoms with Crippen molar-refractivity contribution in [3.05, 3.63) is 59.2 Å². The molecule has 2 aromatic carbocycles. The van der Waals surface area contributed by atoms with Crippen LogP contribution >= 0.6 is 0 Å². The molecule has 1 fully saturated rings. The lowest BCUT2D eigenvalue weighted by atomic mass is 10.1. The van der Waals surface area contributed by atoms with Gasteiger partial charge in [-0.2, -0.15) is 0 Å². The van der Waals surface area contributed by atoms with Crippen molar-refractivity contribution in [2.24, 2.45) is 0 Å². The molecule has 4 rings (SSSR count). The topological polar surface area (TPSA) is 39.7 Å². The molecular formula is C22H27NO3. The summed E-state index contributed by atoms with van der Waals surface area (Å²) in [5.74, 6) is 1.63. The fraction of sp³-hybridized carbons (Fsp3) is 0.455. The van der Waals surface area contributed by atoms with Crippen molar-refractivity contribution < 1.29 is 14.2 Å². The summed E-state index contributed by atoms with van der Waals surface area (Å²) in [5, 5.41) is 3.48. The fourth-order valence-electron chi connectivity index (χ4n) is 3.88. The van der Waals surface area contributed by atoms with Crippen LogP contribution in [0.25, 0.3) is 0 Å². The average Bonchev–Trinajstić information content (AvgIpc) is 3.31. The molecule has 1 aliphatic carbocycles. The minimum Gasteiger partial charge on any atom is -0.493 e. The van der Waals surface area contributed by atoms with E-state index in [0.717, 1.165) is 50.5 Å². The second kappa shape index (κ2) is 8.11. The number of methoxy groups -OCH3 is 1. The normalized spacial score (nSPS) is 19.5. The quantitative estimate of drug-likeness (QED) is 0.827. The van der Waals surface area contributed by atoms with Crippen LogP contribution in [0.5, 0.6) is 11.5 Å². The van der Waals surface area contributed by atoms with Gasteiger partial charge in [0, 0.05) is 32.5 Å². The van der Waals surface area contributed by atoms with E-state index in [4.69, 9.17) is 14.2 Å². The van der Waals surface area contributed by atoms with Gasteiger partial charge in [-0.15, -0.1) is 0 Å². The van der Waals surface area contributed by atoms with Gasteiger partial charge in [-0.1, -0.05) is 30.3 Å². The van der Waals surface area contributed by atoms with Crippen molar-refractivity contribution in [1.82, 2.24) is 5.32 Å². The van der Waals surface area contributed by atoms with Crippen molar-refractivity contribution in [2.45, 2.75) is 44.4 Å². The van der Waals surface area contributed by atoms with E-state index in [1.807, 2.05) is 6.07 Å². The Morgan fingerprint density at radius 1 is 1.08 bits per heavy atom. The zero-order valence-electron chi connectivity index (χ0n) is 15.4. The van der Waals surface area contributed by atoms with Crippen LogP contribution in [0.2, 0.25) is 0 Å². The van der Waals surface area contributed by atoms with Crippen molar-refractivity contribution in [2.75, 3.05) is 20.3 Å². The Balaban J connectivity index is 1.35. The second-order valence-electron chi connectivity index (χ2n) is 7.17. The Bertz CT molecular complexity index is 715. The summed E-state index contributed by atoms with van der Waals surface area (Å²) in [6.07, 6.45) is 4.81. The van der Waals surface area contributed by atoms with Crippen LogP contribution in [-0.4, -0.2) is 32.5 Å². The van der Waals surface area contributed by atoms with E-state index in [1.165, 1.54) is 23.1 Å². The third-order valence-corrected chi connectivity index (χ3v) is 5.26. The first-order valence-corrected chi connectivity index (χ1v) is 9.54. The van der Waals surface area contributed by atoms with Gasteiger partial charge in [0.25, 0.3) is 0 Å². The van der Waals surface area contributed by atoms with Crippen LogP contribution in [-0.2, 0) is 24.1 Å². The fourth-order valence-corrected chi connectivity index (χ4v) is 3.88. The molecular weight excluding hydrogens is 326 g/mol. The van der Waals surface area contributed by atoms with Crippen molar-refractivity contribution in [3.8, 4) is 11.5 Å². The molecule has 0 bridgehead atoms. The number of nitrogens with one attached hydrogen (secondary N) is 1. The standard InChI is InChI=1S/C22H27NO3/c1-24-22-11-16(14-23-15-19-7-4-10-25-19)8-9-21(22)26-20-12-17-5-2-3-6-18(17)13-20/h2-3,5-6,8-9,11,19-20,23H,4,7,10,12-15H2,1H3/t19-/m0/s1. The summed E-state index contributed by atoms with van der Waals surface area (Å²) in [6.45, 7) is 2.61. The molecule has 0 radical (unpaired) electrons. The van der Waals surface area contributed by atoms with Crippen molar-refractivity contribution in [1.29, 1.82) is 0 Å². The molecule has 4 nitrogen and oxygen atoms in total. The van der Waals surface area contributed by atoms with E-state index in [-0.39, 0.29) is 6.10 Å². The minimum atomic E-state index is 0.185. The highest BCUT2D eigenvalue weighted by Gasteiger charge is 2.23. The number of hydrogen-bond donors (Lipinski definition) is 1. The molecule has 2 aromatic rings. The molecule has 1 N–H and O–H groups in total. The van der Waals surface area contributed by atoms with E-state index in [9.17, 15) is 0 Å². The first-order chi connectivity index (χ1) is 12.8. The molecule has 0 amide bonds. The van der Waals surface area contributed by atoms with E-state index in [2.05, 4.69) is 41.7 Å². The van der Waals surface area contributed by atoms with Gasteiger partial charge in [0.1, 0.15) is 6.10 Å². The predicted molar refractivity (Wildman–Crippen MR) is 102 cm³/mol. The Kier molecular flexibility index (Phi) is 5.42. The number of ether oxygens (including phenoxy) is 3. The third-order valence-electron chi connectivity index (χ3n) is 5.26. The summed E-state index contributed by atoms with van der Waals surface area (Å²) >= 11 is 0. The molecule has 4 heteroatoms. The third kappa shape index (κ3) is 4.02. The van der Waals surface area contributed by atoms with Gasteiger partial charge >= 0.3 is 0 Å². The second-order valence-corrected chi connectivity index (χ2v) is 7.17. The molecule has 138 valence electrons. The van der Waals surface area contributed by atoms with Gasteiger partial charge in [0.15, 0.2) is 11.5 Å². The Morgan fingerprint density at radius 2 is 1.88 bits per heavy atom. The van der Waals surface area contributed by atoms with Crippen LogP contribution in [0.1, 0.15) is 29.5 Å². The minimum absolute atomic E-state index is 0.185. The monoisotopic (exact) mass is 353 g/mol. The Hall–Kier alpha value is -2.04. The lowest BCUT2D eigenvalue weighted by Gasteiger charge is -2.17. The van der Waals surface area contributed by atoms with Gasteiger partial charge in [-0.05, 0) is 41.7 Å². The molecule has 0 unspecified atom stereocenters. The zero-order valence-corrected chi connectivity index (χ0v) is 15.4. The van der Waals surface area contributed by atoms with Gasteiger partial charge in [-0.25, -0.2) is 0 Å². The molecule has 0 saturated carbocycles. The largest absolute Gasteiger partial charge is 0.493 e. The van der Waals surface area contributed by atoms with Gasteiger partial charge in [-0.3, -0.25) is 0 Å². The smallest absolute Gasteiger partial charge is 0.161 e. The highest BCUT2D eigenvalue weighted by atomic mass is 16.5. The van der Waals surface area contributed by atoms with Crippen molar-refractivity contribution >= 4 is 0 Å². The molecule has 0 aromatic heterocycles. The number of hydrogen-bond acceptors (Lipinski definition) is 4. The summed E-state index contributed by atoms with van der Waals surface area (Å²) in [7, 11) is 1.70. The van der Waals surface area contributed by atoms with E-state index in [1.54, 1.807) is 7.11 Å². The summed E-state index contributed by atoms with van der Waals surface area (Å²) in [4.78, 5) is 0. The summed E-state index contributed by atoms with van der Waals surface area (Å²) in [6, 6.07) is 14.8. The number of fused-ring (bicyclic) bond motifs is 1. The van der Waals surface area contributed by atoms with Crippen LogP contribution < -0.4 is 14.8 Å². The Labute approximate surface area is 155 Å². The molecule has 26 heavy (non-hydrogen) atoms. The molecule has 1 aliphatic heterocycles. The first kappa shape index (κ1) is 17.4. The highest BCUT2D eigenvalue weighted by Crippen LogP contribution is 2.32. The maximum atomic E-state index is 6.26. The number of rotatable bonds is 7. The van der Waals surface area contributed by atoms with Crippen LogP contribution in [0.4, 0.5) is 0 Å². The maximum Gasteiger partial charge on any atom is 0.161 e. The molecule has 1 heterocycles. The van der Waals surface area contributed by atoms with E-state index >= 15 is 0 Å². The highest BCUT2D eigenvalue weighted by molar-refractivity contribution is 5.44. The molecule has 1 saturated heterocycles. The predicted octanol–water partition coefficient (Wildman–Crippen LogP) is 3.51. The maximum absolute atomic E-state index is 6.26. The first-order valence-electron chi connectivity index (χ1n) is 9.54. The van der Waals surface area contributed by atoms with E-state index < -0.39 is 0 Å². The van der Waals surface area contributed by atoms with E-state index in [0.29, 0.717) is 6.10 Å². The van der Waals surface area contributed by atoms with Gasteiger partial charge in [0.2, 0.25) is 0 Å². The summed E-state index contributed by atoms with van der Waals surface area (Å²) < 4.78 is 17.5. The number of benzene rings is 2.